The Hall–Kier alpha value is -0.780. The van der Waals surface area contributed by atoms with Crippen LogP contribution in [0.25, 0.3) is 0 Å². The molecule has 0 radical (unpaired) electrons. The summed E-state index contributed by atoms with van der Waals surface area (Å²) in [5.74, 6) is 0. The third kappa shape index (κ3) is 9.22. The quantitative estimate of drug-likeness (QED) is 0.585. The number of rotatable bonds is 3. The van der Waals surface area contributed by atoms with Gasteiger partial charge in [-0.3, -0.25) is 0 Å². The molecule has 0 N–H and O–H groups in total. The lowest BCUT2D eigenvalue weighted by Gasteiger charge is -1.86. The number of benzene rings is 1. The van der Waals surface area contributed by atoms with E-state index in [0.717, 1.165) is 0 Å². The molecule has 0 aliphatic rings. The zero-order chi connectivity index (χ0) is 9.07. The van der Waals surface area contributed by atoms with Crippen LogP contribution >= 0.6 is 0 Å². The van der Waals surface area contributed by atoms with E-state index in [1.54, 1.807) is 0 Å². The Morgan fingerprint density at radius 3 is 1.00 bits per heavy atom. The summed E-state index contributed by atoms with van der Waals surface area (Å²) in [6.07, 6.45) is 5.54. The predicted molar refractivity (Wildman–Crippen MR) is 56.3 cm³/mol. The third-order valence-corrected chi connectivity index (χ3v) is 1.62. The second-order valence-corrected chi connectivity index (χ2v) is 2.86. The molecule has 1 aromatic rings. The van der Waals surface area contributed by atoms with Crippen molar-refractivity contribution in [2.75, 3.05) is 0 Å². The van der Waals surface area contributed by atoms with Gasteiger partial charge in [-0.15, -0.1) is 0 Å². The zero-order valence-corrected chi connectivity index (χ0v) is 8.29. The van der Waals surface area contributed by atoms with Gasteiger partial charge in [0.2, 0.25) is 0 Å². The number of unbranched alkanes of at least 4 members (excludes halogenated alkanes) is 3. The van der Waals surface area contributed by atoms with Crippen LogP contribution in [0.3, 0.4) is 0 Å². The van der Waals surface area contributed by atoms with Crippen LogP contribution in [-0.4, -0.2) is 0 Å². The molecule has 0 spiro atoms. The van der Waals surface area contributed by atoms with Gasteiger partial charge >= 0.3 is 0 Å². The van der Waals surface area contributed by atoms with Crippen LogP contribution in [0.4, 0.5) is 0 Å². The highest BCUT2D eigenvalue weighted by Gasteiger charge is 1.75. The highest BCUT2D eigenvalue weighted by molar-refractivity contribution is 4.99. The average molecular weight is 164 g/mol. The fraction of sp³-hybridized carbons (Fsp3) is 0.500. The van der Waals surface area contributed by atoms with E-state index in [1.807, 2.05) is 36.4 Å². The summed E-state index contributed by atoms with van der Waals surface area (Å²) in [5, 5.41) is 0. The molecule has 12 heavy (non-hydrogen) atoms. The van der Waals surface area contributed by atoms with Gasteiger partial charge in [-0.25, -0.2) is 0 Å². The van der Waals surface area contributed by atoms with E-state index < -0.39 is 0 Å². The van der Waals surface area contributed by atoms with Gasteiger partial charge in [0.25, 0.3) is 0 Å². The predicted octanol–water partition coefficient (Wildman–Crippen LogP) is 4.27. The second kappa shape index (κ2) is 10.2. The van der Waals surface area contributed by atoms with Crippen molar-refractivity contribution in [3.8, 4) is 0 Å². The molecule has 0 saturated heterocycles. The average Bonchev–Trinajstić information content (AvgIpc) is 2.18. The second-order valence-electron chi connectivity index (χ2n) is 2.86. The smallest absolute Gasteiger partial charge is 0.0536 e. The van der Waals surface area contributed by atoms with Crippen molar-refractivity contribution in [3.05, 3.63) is 36.4 Å². The van der Waals surface area contributed by atoms with E-state index >= 15 is 0 Å². The highest BCUT2D eigenvalue weighted by Crippen LogP contribution is 1.95. The summed E-state index contributed by atoms with van der Waals surface area (Å²) < 4.78 is 0. The number of hydrogen-bond donors (Lipinski definition) is 0. The van der Waals surface area contributed by atoms with Crippen molar-refractivity contribution in [1.82, 2.24) is 0 Å². The summed E-state index contributed by atoms with van der Waals surface area (Å²) in [6, 6.07) is 12.0. The Bertz CT molecular complexity index is 113. The minimum atomic E-state index is 1.36. The van der Waals surface area contributed by atoms with Crippen LogP contribution in [0, 0.1) is 0 Å². The molecule has 0 heterocycles. The minimum Gasteiger partial charge on any atom is -0.0654 e. The Kier molecular flexibility index (Phi) is 9.56. The molecule has 0 unspecified atom stereocenters. The van der Waals surface area contributed by atoms with Gasteiger partial charge in [0.05, 0.1) is 0 Å². The maximum atomic E-state index is 2.23. The van der Waals surface area contributed by atoms with E-state index in [-0.39, 0.29) is 0 Å². The van der Waals surface area contributed by atoms with E-state index in [0.29, 0.717) is 0 Å². The van der Waals surface area contributed by atoms with Gasteiger partial charge < -0.3 is 0 Å². The summed E-state index contributed by atoms with van der Waals surface area (Å²) in [5.41, 5.74) is 0. The maximum Gasteiger partial charge on any atom is -0.0536 e. The van der Waals surface area contributed by atoms with Crippen molar-refractivity contribution >= 4 is 0 Å². The minimum absolute atomic E-state index is 1.36. The molecule has 68 valence electrons. The monoisotopic (exact) mass is 164 g/mol. The SMILES string of the molecule is CCCCCC.c1ccccc1. The first kappa shape index (κ1) is 11.2. The van der Waals surface area contributed by atoms with E-state index in [2.05, 4.69) is 13.8 Å². The summed E-state index contributed by atoms with van der Waals surface area (Å²) >= 11 is 0. The first-order chi connectivity index (χ1) is 5.91. The molecule has 0 nitrogen and oxygen atoms in total. The zero-order valence-electron chi connectivity index (χ0n) is 8.29. The lowest BCUT2D eigenvalue weighted by atomic mass is 10.2. The maximum absolute atomic E-state index is 2.23. The normalized spacial score (nSPS) is 8.50. The Morgan fingerprint density at radius 2 is 0.833 bits per heavy atom. The Morgan fingerprint density at radius 1 is 0.583 bits per heavy atom. The van der Waals surface area contributed by atoms with Crippen molar-refractivity contribution in [2.24, 2.45) is 0 Å². The topological polar surface area (TPSA) is 0 Å². The molecule has 0 aliphatic heterocycles. The van der Waals surface area contributed by atoms with Crippen molar-refractivity contribution in [1.29, 1.82) is 0 Å². The van der Waals surface area contributed by atoms with Crippen LogP contribution in [0.2, 0.25) is 0 Å². The summed E-state index contributed by atoms with van der Waals surface area (Å²) in [4.78, 5) is 0. The van der Waals surface area contributed by atoms with Crippen LogP contribution in [-0.2, 0) is 0 Å². The van der Waals surface area contributed by atoms with Gasteiger partial charge in [0, 0.05) is 0 Å². The molecule has 0 aromatic heterocycles. The molecule has 0 amide bonds. The lowest BCUT2D eigenvalue weighted by Crippen LogP contribution is -1.66. The van der Waals surface area contributed by atoms with Gasteiger partial charge in [-0.1, -0.05) is 75.9 Å². The molecule has 0 saturated carbocycles. The van der Waals surface area contributed by atoms with E-state index in [9.17, 15) is 0 Å². The Balaban J connectivity index is 0.000000202. The fourth-order valence-electron chi connectivity index (χ4n) is 0.885. The van der Waals surface area contributed by atoms with Crippen LogP contribution in [0.1, 0.15) is 39.5 Å². The molecule has 0 fully saturated rings. The molecular formula is C12H20. The van der Waals surface area contributed by atoms with E-state index in [1.165, 1.54) is 25.7 Å². The molecule has 1 aromatic carbocycles. The Labute approximate surface area is 76.6 Å². The molecule has 0 bridgehead atoms. The van der Waals surface area contributed by atoms with Crippen LogP contribution in [0.15, 0.2) is 36.4 Å². The first-order valence-corrected chi connectivity index (χ1v) is 4.91. The highest BCUT2D eigenvalue weighted by atomic mass is 13.8. The van der Waals surface area contributed by atoms with Crippen molar-refractivity contribution < 1.29 is 0 Å². The molecule has 0 atom stereocenters. The van der Waals surface area contributed by atoms with Crippen LogP contribution in [0.5, 0.6) is 0 Å². The van der Waals surface area contributed by atoms with E-state index in [4.69, 9.17) is 0 Å². The van der Waals surface area contributed by atoms with Gasteiger partial charge in [0.1, 0.15) is 0 Å². The summed E-state index contributed by atoms with van der Waals surface area (Å²) in [6.45, 7) is 4.46. The fourth-order valence-corrected chi connectivity index (χ4v) is 0.885. The molecular weight excluding hydrogens is 144 g/mol. The number of hydrogen-bond acceptors (Lipinski definition) is 0. The molecule has 0 heteroatoms. The van der Waals surface area contributed by atoms with Gasteiger partial charge in [-0.05, 0) is 0 Å². The first-order valence-electron chi connectivity index (χ1n) is 4.91. The lowest BCUT2D eigenvalue weighted by molar-refractivity contribution is 0.702. The van der Waals surface area contributed by atoms with Crippen molar-refractivity contribution in [2.45, 2.75) is 39.5 Å². The van der Waals surface area contributed by atoms with Crippen molar-refractivity contribution in [3.63, 3.8) is 0 Å². The molecule has 0 aliphatic carbocycles. The third-order valence-electron chi connectivity index (χ3n) is 1.62. The summed E-state index contributed by atoms with van der Waals surface area (Å²) in [7, 11) is 0. The van der Waals surface area contributed by atoms with Gasteiger partial charge in [0.15, 0.2) is 0 Å². The molecule has 1 rings (SSSR count). The van der Waals surface area contributed by atoms with Gasteiger partial charge in [-0.2, -0.15) is 0 Å². The van der Waals surface area contributed by atoms with Crippen LogP contribution < -0.4 is 0 Å². The standard InChI is InChI=1S/C6H6.C6H14/c1-2-4-6-5-3-1;1-3-5-6-4-2/h1-6H;3-6H2,1-2H3. The largest absolute Gasteiger partial charge is 0.0654 e.